The number of carbonyl (C=O) groups is 3. The van der Waals surface area contributed by atoms with Gasteiger partial charge in [-0.1, -0.05) is 12.1 Å². The Labute approximate surface area is 155 Å². The molecule has 6 N–H and O–H groups in total. The number of nitrogens with zero attached hydrogens (tertiary/aromatic N) is 1. The van der Waals surface area contributed by atoms with E-state index >= 15 is 0 Å². The predicted octanol–water partition coefficient (Wildman–Crippen LogP) is 0.194. The van der Waals surface area contributed by atoms with Gasteiger partial charge >= 0.3 is 11.9 Å². The van der Waals surface area contributed by atoms with Gasteiger partial charge in [0.25, 0.3) is 0 Å². The van der Waals surface area contributed by atoms with Crippen molar-refractivity contribution in [3.05, 3.63) is 29.8 Å². The third-order valence-electron chi connectivity index (χ3n) is 3.39. The molecule has 0 aromatic heterocycles. The molecule has 1 aromatic carbocycles. The van der Waals surface area contributed by atoms with E-state index in [1.165, 1.54) is 38.1 Å². The lowest BCUT2D eigenvalue weighted by molar-refractivity contribution is -0.140. The van der Waals surface area contributed by atoms with E-state index in [-0.39, 0.29) is 5.75 Å². The maximum atomic E-state index is 12.2. The number of phenols is 1. The number of benzene rings is 1. The van der Waals surface area contributed by atoms with Crippen LogP contribution in [0.25, 0.3) is 0 Å². The van der Waals surface area contributed by atoms with Gasteiger partial charge < -0.3 is 26.4 Å². The van der Waals surface area contributed by atoms with Crippen LogP contribution in [0.3, 0.4) is 0 Å². The molecule has 0 radical (unpaired) electrons. The molecular weight excluding hydrogens is 362 g/mol. The van der Waals surface area contributed by atoms with E-state index in [1.54, 1.807) is 0 Å². The Bertz CT molecular complexity index is 699. The van der Waals surface area contributed by atoms with Gasteiger partial charge in [0.2, 0.25) is 5.91 Å². The molecule has 26 heavy (non-hydrogen) atoms. The number of carboxylic acid groups (broad SMARTS) is 2. The summed E-state index contributed by atoms with van der Waals surface area (Å²) in [6, 6.07) is 1.47. The van der Waals surface area contributed by atoms with Crippen LogP contribution in [0.2, 0.25) is 0 Å². The number of aromatic hydroxyl groups is 1. The summed E-state index contributed by atoms with van der Waals surface area (Å²) >= 11 is 4.13. The number of nitrogens with one attached hydrogen (secondary N) is 1. The molecule has 0 fully saturated rings. The summed E-state index contributed by atoms with van der Waals surface area (Å²) in [6.07, 6.45) is 0.834. The van der Waals surface area contributed by atoms with E-state index in [4.69, 9.17) is 10.8 Å². The first kappa shape index (κ1) is 21.5. The minimum absolute atomic E-state index is 0.00835. The van der Waals surface area contributed by atoms with Gasteiger partial charge in [-0.15, -0.1) is 0 Å². The number of carbonyl (C=O) groups excluding carboxylic acids is 1. The van der Waals surface area contributed by atoms with Crippen LogP contribution in [0, 0.1) is 0 Å². The molecule has 1 amide bonds. The van der Waals surface area contributed by atoms with Crippen molar-refractivity contribution < 1.29 is 29.7 Å². The van der Waals surface area contributed by atoms with Crippen molar-refractivity contribution in [1.82, 2.24) is 5.32 Å². The number of nitrogens with two attached hydrogens (primary N) is 1. The minimum Gasteiger partial charge on any atom is -0.508 e. The van der Waals surface area contributed by atoms with Gasteiger partial charge in [0.15, 0.2) is 12.1 Å². The van der Waals surface area contributed by atoms with Crippen LogP contribution in [-0.4, -0.2) is 56.2 Å². The molecule has 1 aromatic rings. The van der Waals surface area contributed by atoms with Gasteiger partial charge in [-0.25, -0.2) is 9.59 Å². The lowest BCUT2D eigenvalue weighted by atomic mass is 10.0. The summed E-state index contributed by atoms with van der Waals surface area (Å²) < 4.78 is -1.04. The molecule has 3 atom stereocenters. The fourth-order valence-electron chi connectivity index (χ4n) is 1.96. The Hall–Kier alpha value is -2.59. The second-order valence-electron chi connectivity index (χ2n) is 6.09. The fraction of sp³-hybridized carbons (Fsp3) is 0.375. The highest BCUT2D eigenvalue weighted by Gasteiger charge is 2.32. The van der Waals surface area contributed by atoms with Gasteiger partial charge in [0.1, 0.15) is 11.8 Å². The Morgan fingerprint density at radius 1 is 1.19 bits per heavy atom. The molecule has 0 spiro atoms. The van der Waals surface area contributed by atoms with E-state index in [0.717, 1.165) is 6.21 Å². The van der Waals surface area contributed by atoms with Gasteiger partial charge in [0.05, 0.1) is 0 Å². The summed E-state index contributed by atoms with van der Waals surface area (Å²) in [5.41, 5.74) is 6.14. The van der Waals surface area contributed by atoms with Crippen LogP contribution < -0.4 is 11.1 Å². The summed E-state index contributed by atoms with van der Waals surface area (Å²) in [5.74, 6) is -3.52. The zero-order chi connectivity index (χ0) is 20.1. The Kier molecular flexibility index (Phi) is 7.16. The van der Waals surface area contributed by atoms with Crippen LogP contribution in [0.5, 0.6) is 5.75 Å². The number of amides is 1. The van der Waals surface area contributed by atoms with Crippen molar-refractivity contribution in [2.75, 3.05) is 0 Å². The third kappa shape index (κ3) is 6.05. The molecule has 2 unspecified atom stereocenters. The molecule has 0 saturated carbocycles. The van der Waals surface area contributed by atoms with Crippen LogP contribution in [0.1, 0.15) is 25.5 Å². The highest BCUT2D eigenvalue weighted by Crippen LogP contribution is 2.20. The van der Waals surface area contributed by atoms with E-state index in [1.807, 2.05) is 0 Å². The second-order valence-corrected chi connectivity index (χ2v) is 7.24. The van der Waals surface area contributed by atoms with Crippen molar-refractivity contribution in [2.24, 2.45) is 10.7 Å². The first-order chi connectivity index (χ1) is 11.9. The van der Waals surface area contributed by atoms with Crippen molar-refractivity contribution in [3.63, 3.8) is 0 Å². The number of hydrogen-bond donors (Lipinski definition) is 6. The second kappa shape index (κ2) is 8.68. The van der Waals surface area contributed by atoms with Crippen LogP contribution in [-0.2, 0) is 14.4 Å². The molecule has 0 bridgehead atoms. The van der Waals surface area contributed by atoms with E-state index in [0.29, 0.717) is 5.56 Å². The summed E-state index contributed by atoms with van der Waals surface area (Å²) in [6.45, 7) is 3.03. The third-order valence-corrected chi connectivity index (χ3v) is 3.63. The number of hydrogen-bond acceptors (Lipinski definition) is 7. The number of rotatable bonds is 8. The SMILES string of the molecule is CC(C)(S)C(N=C[C@H](NC(=O)C(N)c1ccc(O)cc1)C(=O)O)C(=O)O. The molecule has 9 nitrogen and oxygen atoms in total. The molecule has 10 heteroatoms. The monoisotopic (exact) mass is 383 g/mol. The predicted molar refractivity (Wildman–Crippen MR) is 97.6 cm³/mol. The standard InChI is InChI=1S/C16H21N3O6S/c1-16(2,26)12(15(24)25)18-7-10(14(22)23)19-13(21)11(17)8-3-5-9(20)6-4-8/h3-7,10-12,20,26H,17H2,1-2H3,(H,19,21)(H,22,23)(H,24,25)/t10-,11?,12?/m0/s1. The van der Waals surface area contributed by atoms with E-state index in [2.05, 4.69) is 22.9 Å². The average molecular weight is 383 g/mol. The smallest absolute Gasteiger partial charge is 0.331 e. The number of aliphatic imine (C=N–C) groups is 1. The highest BCUT2D eigenvalue weighted by molar-refractivity contribution is 7.81. The number of phenolic OH excluding ortho intramolecular Hbond substituents is 1. The molecule has 0 heterocycles. The zero-order valence-electron chi connectivity index (χ0n) is 14.2. The normalized spacial score (nSPS) is 15.2. The molecule has 0 saturated heterocycles. The molecule has 0 aliphatic rings. The average Bonchev–Trinajstić information content (AvgIpc) is 2.52. The van der Waals surface area contributed by atoms with E-state index in [9.17, 15) is 24.6 Å². The summed E-state index contributed by atoms with van der Waals surface area (Å²) in [7, 11) is 0. The lowest BCUT2D eigenvalue weighted by Crippen LogP contribution is -2.46. The zero-order valence-corrected chi connectivity index (χ0v) is 15.1. The van der Waals surface area contributed by atoms with Gasteiger partial charge in [-0.3, -0.25) is 9.79 Å². The van der Waals surface area contributed by atoms with Crippen molar-refractivity contribution >= 4 is 36.7 Å². The van der Waals surface area contributed by atoms with Crippen LogP contribution in [0.4, 0.5) is 0 Å². The fourth-order valence-corrected chi connectivity index (χ4v) is 2.14. The first-order valence-electron chi connectivity index (χ1n) is 7.49. The maximum absolute atomic E-state index is 12.2. The topological polar surface area (TPSA) is 162 Å². The highest BCUT2D eigenvalue weighted by atomic mass is 32.1. The van der Waals surface area contributed by atoms with Crippen LogP contribution in [0.15, 0.2) is 29.3 Å². The minimum atomic E-state index is -1.57. The number of carboxylic acids is 2. The van der Waals surface area contributed by atoms with Gasteiger partial charge in [-0.05, 0) is 31.5 Å². The molecular formula is C16H21N3O6S. The number of thiol groups is 1. The van der Waals surface area contributed by atoms with Gasteiger partial charge in [0, 0.05) is 11.0 Å². The molecule has 1 rings (SSSR count). The Morgan fingerprint density at radius 2 is 1.73 bits per heavy atom. The van der Waals surface area contributed by atoms with Gasteiger partial charge in [-0.2, -0.15) is 12.6 Å². The Morgan fingerprint density at radius 3 is 2.15 bits per heavy atom. The lowest BCUT2D eigenvalue weighted by Gasteiger charge is -2.23. The Balaban J connectivity index is 2.92. The maximum Gasteiger partial charge on any atom is 0.331 e. The molecule has 0 aliphatic carbocycles. The quantitative estimate of drug-likeness (QED) is 0.276. The first-order valence-corrected chi connectivity index (χ1v) is 7.94. The summed E-state index contributed by atoms with van der Waals surface area (Å²) in [5, 5.41) is 29.8. The number of aliphatic carboxylic acids is 2. The van der Waals surface area contributed by atoms with E-state index < -0.39 is 40.7 Å². The molecule has 142 valence electrons. The molecule has 0 aliphatic heterocycles. The summed E-state index contributed by atoms with van der Waals surface area (Å²) in [4.78, 5) is 38.5. The van der Waals surface area contributed by atoms with Crippen molar-refractivity contribution in [2.45, 2.75) is 36.7 Å². The van der Waals surface area contributed by atoms with Crippen LogP contribution >= 0.6 is 12.6 Å². The van der Waals surface area contributed by atoms with Crippen molar-refractivity contribution in [3.8, 4) is 5.75 Å². The largest absolute Gasteiger partial charge is 0.508 e. The van der Waals surface area contributed by atoms with Crippen molar-refractivity contribution in [1.29, 1.82) is 0 Å².